The highest BCUT2D eigenvalue weighted by Crippen LogP contribution is 2.69. The van der Waals surface area contributed by atoms with Crippen molar-refractivity contribution in [2.45, 2.75) is 97.2 Å². The van der Waals surface area contributed by atoms with Gasteiger partial charge in [-0.1, -0.05) is 27.2 Å². The van der Waals surface area contributed by atoms with E-state index < -0.39 is 0 Å². The van der Waals surface area contributed by atoms with Crippen LogP contribution in [-0.2, 0) is 4.79 Å². The fourth-order valence-electron chi connectivity index (χ4n) is 8.90. The first-order chi connectivity index (χ1) is 13.8. The van der Waals surface area contributed by atoms with Gasteiger partial charge in [-0.05, 0) is 97.7 Å². The molecular formula is C24H41NO4. The fourth-order valence-corrected chi connectivity index (χ4v) is 8.90. The molecule has 29 heavy (non-hydrogen) atoms. The summed E-state index contributed by atoms with van der Waals surface area (Å²) in [5.74, 6) is 2.36. The molecule has 0 heterocycles. The van der Waals surface area contributed by atoms with E-state index in [0.717, 1.165) is 51.4 Å². The van der Waals surface area contributed by atoms with Crippen LogP contribution in [0.3, 0.4) is 0 Å². The van der Waals surface area contributed by atoms with E-state index in [0.29, 0.717) is 36.0 Å². The number of rotatable bonds is 4. The monoisotopic (exact) mass is 407 g/mol. The molecule has 0 aromatic rings. The minimum atomic E-state index is -0.286. The standard InChI is InChI=1S/C24H41NO4/c1-4-16-19-13-15(26)9-11-24(19,3)18-10-12-23(2)14(6-8-20(27)25-29)5-7-17(23)21(18)22(16)28/h14-19,21-22,26,28-29H,4-13H2,1-3H3,(H,25,27)/t14-,15-,16-,17?,18?,19+,21?,22-,23-,24-/m1/s1. The Morgan fingerprint density at radius 2 is 1.69 bits per heavy atom. The summed E-state index contributed by atoms with van der Waals surface area (Å²) >= 11 is 0. The maximum Gasteiger partial charge on any atom is 0.243 e. The first-order valence-electron chi connectivity index (χ1n) is 12.0. The molecule has 166 valence electrons. The van der Waals surface area contributed by atoms with Crippen LogP contribution in [-0.4, -0.2) is 33.5 Å². The Kier molecular flexibility index (Phi) is 5.80. The van der Waals surface area contributed by atoms with Gasteiger partial charge in [-0.3, -0.25) is 10.0 Å². The van der Waals surface area contributed by atoms with Gasteiger partial charge in [0.15, 0.2) is 0 Å². The quantitative estimate of drug-likeness (QED) is 0.420. The minimum Gasteiger partial charge on any atom is -0.393 e. The summed E-state index contributed by atoms with van der Waals surface area (Å²) in [6, 6.07) is 0. The predicted octanol–water partition coefficient (Wildman–Crippen LogP) is 3.90. The van der Waals surface area contributed by atoms with Gasteiger partial charge in [0.05, 0.1) is 12.2 Å². The molecule has 4 aliphatic rings. The van der Waals surface area contributed by atoms with Crippen molar-refractivity contribution in [3.63, 3.8) is 0 Å². The number of carbonyl (C=O) groups is 1. The van der Waals surface area contributed by atoms with Crippen LogP contribution in [0.25, 0.3) is 0 Å². The lowest BCUT2D eigenvalue weighted by molar-refractivity contribution is -0.202. The van der Waals surface area contributed by atoms with E-state index in [1.165, 1.54) is 6.42 Å². The van der Waals surface area contributed by atoms with Crippen LogP contribution >= 0.6 is 0 Å². The molecule has 5 heteroatoms. The second-order valence-corrected chi connectivity index (χ2v) is 11.3. The van der Waals surface area contributed by atoms with E-state index in [9.17, 15) is 15.0 Å². The van der Waals surface area contributed by atoms with E-state index in [4.69, 9.17) is 5.21 Å². The second-order valence-electron chi connectivity index (χ2n) is 11.3. The molecule has 5 nitrogen and oxygen atoms in total. The van der Waals surface area contributed by atoms with Crippen LogP contribution in [0, 0.1) is 46.3 Å². The number of carbonyl (C=O) groups excluding carboxylic acids is 1. The summed E-state index contributed by atoms with van der Waals surface area (Å²) in [7, 11) is 0. The predicted molar refractivity (Wildman–Crippen MR) is 111 cm³/mol. The molecule has 4 aliphatic carbocycles. The van der Waals surface area contributed by atoms with Crippen LogP contribution in [0.4, 0.5) is 0 Å². The van der Waals surface area contributed by atoms with Crippen molar-refractivity contribution in [1.82, 2.24) is 5.48 Å². The number of aliphatic hydroxyl groups is 2. The summed E-state index contributed by atoms with van der Waals surface area (Å²) in [5, 5.41) is 30.9. The van der Waals surface area contributed by atoms with Crippen molar-refractivity contribution in [2.24, 2.45) is 46.3 Å². The number of hydrogen-bond donors (Lipinski definition) is 4. The van der Waals surface area contributed by atoms with Gasteiger partial charge in [0.1, 0.15) is 0 Å². The van der Waals surface area contributed by atoms with Gasteiger partial charge in [0.25, 0.3) is 0 Å². The topological polar surface area (TPSA) is 89.8 Å². The van der Waals surface area contributed by atoms with Gasteiger partial charge in [0, 0.05) is 6.42 Å². The highest BCUT2D eigenvalue weighted by molar-refractivity contribution is 5.74. The van der Waals surface area contributed by atoms with Crippen LogP contribution in [0.5, 0.6) is 0 Å². The molecule has 0 spiro atoms. The van der Waals surface area contributed by atoms with E-state index >= 15 is 0 Å². The summed E-state index contributed by atoms with van der Waals surface area (Å²) in [5.41, 5.74) is 2.20. The zero-order valence-corrected chi connectivity index (χ0v) is 18.4. The van der Waals surface area contributed by atoms with Crippen LogP contribution < -0.4 is 5.48 Å². The van der Waals surface area contributed by atoms with Crippen molar-refractivity contribution in [3.8, 4) is 0 Å². The van der Waals surface area contributed by atoms with Crippen LogP contribution in [0.15, 0.2) is 0 Å². The molecular weight excluding hydrogens is 366 g/mol. The van der Waals surface area contributed by atoms with Gasteiger partial charge < -0.3 is 10.2 Å². The number of hydroxylamine groups is 1. The Morgan fingerprint density at radius 3 is 2.38 bits per heavy atom. The second kappa shape index (κ2) is 7.80. The van der Waals surface area contributed by atoms with Crippen molar-refractivity contribution in [3.05, 3.63) is 0 Å². The van der Waals surface area contributed by atoms with E-state index in [-0.39, 0.29) is 34.9 Å². The lowest BCUT2D eigenvalue weighted by atomic mass is 9.41. The average Bonchev–Trinajstić information content (AvgIpc) is 3.04. The summed E-state index contributed by atoms with van der Waals surface area (Å²) < 4.78 is 0. The summed E-state index contributed by atoms with van der Waals surface area (Å²) in [6.45, 7) is 7.09. The zero-order valence-electron chi connectivity index (χ0n) is 18.4. The van der Waals surface area contributed by atoms with Gasteiger partial charge in [-0.15, -0.1) is 0 Å². The molecule has 4 saturated carbocycles. The fraction of sp³-hybridized carbons (Fsp3) is 0.958. The van der Waals surface area contributed by atoms with Gasteiger partial charge in [-0.2, -0.15) is 0 Å². The SMILES string of the molecule is CC[C@H]1[C@@H](O)C2C3CC[C@H](CCC(=O)NO)[C@@]3(C)CCC2[C@@]2(C)CC[C@@H](O)C[C@@H]12. The molecule has 0 saturated heterocycles. The highest BCUT2D eigenvalue weighted by atomic mass is 16.5. The lowest BCUT2D eigenvalue weighted by Crippen LogP contribution is -2.62. The maximum absolute atomic E-state index is 11.6. The number of nitrogens with one attached hydrogen (secondary N) is 1. The van der Waals surface area contributed by atoms with Crippen molar-refractivity contribution >= 4 is 5.91 Å². The molecule has 4 fully saturated rings. The molecule has 1 amide bonds. The third-order valence-electron chi connectivity index (χ3n) is 10.4. The molecule has 10 atom stereocenters. The normalized spacial score (nSPS) is 51.7. The Bertz CT molecular complexity index is 626. The first-order valence-corrected chi connectivity index (χ1v) is 12.0. The first kappa shape index (κ1) is 21.6. The van der Waals surface area contributed by atoms with Crippen molar-refractivity contribution in [1.29, 1.82) is 0 Å². The number of fused-ring (bicyclic) bond motifs is 5. The summed E-state index contributed by atoms with van der Waals surface area (Å²) in [6.07, 6.45) is 9.21. The third kappa shape index (κ3) is 3.27. The largest absolute Gasteiger partial charge is 0.393 e. The van der Waals surface area contributed by atoms with E-state index in [1.807, 2.05) is 0 Å². The third-order valence-corrected chi connectivity index (χ3v) is 10.4. The lowest BCUT2D eigenvalue weighted by Gasteiger charge is -2.64. The Hall–Kier alpha value is -0.650. The van der Waals surface area contributed by atoms with Crippen LogP contribution in [0.1, 0.15) is 85.0 Å². The molecule has 0 radical (unpaired) electrons. The summed E-state index contributed by atoms with van der Waals surface area (Å²) in [4.78, 5) is 11.6. The minimum absolute atomic E-state index is 0.188. The highest BCUT2D eigenvalue weighted by Gasteiger charge is 2.64. The van der Waals surface area contributed by atoms with Crippen molar-refractivity contribution < 1.29 is 20.2 Å². The van der Waals surface area contributed by atoms with Gasteiger partial charge in [-0.25, -0.2) is 5.48 Å². The Labute approximate surface area is 175 Å². The molecule has 0 bridgehead atoms. The number of amides is 1. The molecule has 0 aromatic heterocycles. The Morgan fingerprint density at radius 1 is 1.00 bits per heavy atom. The van der Waals surface area contributed by atoms with Crippen molar-refractivity contribution in [2.75, 3.05) is 0 Å². The number of hydrogen-bond acceptors (Lipinski definition) is 4. The van der Waals surface area contributed by atoms with Gasteiger partial charge in [0.2, 0.25) is 5.91 Å². The van der Waals surface area contributed by atoms with Crippen LogP contribution in [0.2, 0.25) is 0 Å². The molecule has 0 aromatic carbocycles. The molecule has 4 rings (SSSR count). The van der Waals surface area contributed by atoms with E-state index in [2.05, 4.69) is 20.8 Å². The zero-order chi connectivity index (χ0) is 21.0. The Balaban J connectivity index is 1.61. The number of aliphatic hydroxyl groups excluding tert-OH is 2. The average molecular weight is 408 g/mol. The molecule has 0 aliphatic heterocycles. The van der Waals surface area contributed by atoms with E-state index in [1.54, 1.807) is 5.48 Å². The molecule has 4 N–H and O–H groups in total. The van der Waals surface area contributed by atoms with Gasteiger partial charge >= 0.3 is 0 Å². The smallest absolute Gasteiger partial charge is 0.243 e. The molecule has 3 unspecified atom stereocenters. The maximum atomic E-state index is 11.6.